The van der Waals surface area contributed by atoms with Gasteiger partial charge in [0.15, 0.2) is 18.3 Å². The van der Waals surface area contributed by atoms with Gasteiger partial charge in [0, 0.05) is 0 Å². The summed E-state index contributed by atoms with van der Waals surface area (Å²) >= 11 is 0. The number of hydrogen-bond donors (Lipinski definition) is 6. The van der Waals surface area contributed by atoms with Crippen molar-refractivity contribution in [1.29, 1.82) is 0 Å². The molecule has 1 aromatic rings. The normalized spacial score (nSPS) is 14.0. The predicted octanol–water partition coefficient (Wildman–Crippen LogP) is -1.32. The van der Waals surface area contributed by atoms with Gasteiger partial charge in [-0.05, 0) is 5.56 Å². The molecule has 1 rings (SSSR count). The lowest BCUT2D eigenvalue weighted by Gasteiger charge is -2.07. The smallest absolute Gasteiger partial charge is 0.337 e. The lowest BCUT2D eigenvalue weighted by atomic mass is 10.1. The number of carbonyl (C=O) groups is 3. The molecule has 0 bridgehead atoms. The van der Waals surface area contributed by atoms with Crippen LogP contribution in [0.1, 0.15) is 11.7 Å². The Labute approximate surface area is 118 Å². The van der Waals surface area contributed by atoms with Gasteiger partial charge >= 0.3 is 17.9 Å². The van der Waals surface area contributed by atoms with Gasteiger partial charge in [-0.1, -0.05) is 30.3 Å². The number of aliphatic hydroxyl groups is 3. The topological polar surface area (TPSA) is 173 Å². The molecule has 21 heavy (non-hydrogen) atoms. The van der Waals surface area contributed by atoms with Crippen LogP contribution in [0.25, 0.3) is 0 Å². The molecule has 0 radical (unpaired) electrons. The lowest BCUT2D eigenvalue weighted by molar-refractivity contribution is -0.165. The molecular formula is C12H14O9. The van der Waals surface area contributed by atoms with Gasteiger partial charge < -0.3 is 30.6 Å². The summed E-state index contributed by atoms with van der Waals surface area (Å²) in [6.07, 6.45) is -5.94. The Hall–Kier alpha value is -2.49. The molecule has 9 heteroatoms. The largest absolute Gasteiger partial charge is 0.479 e. The number of benzene rings is 1. The molecular weight excluding hydrogens is 288 g/mol. The van der Waals surface area contributed by atoms with Gasteiger partial charge in [-0.25, -0.2) is 14.4 Å². The van der Waals surface area contributed by atoms with Crippen molar-refractivity contribution >= 4 is 17.9 Å². The maximum absolute atomic E-state index is 10.2. The fourth-order valence-electron chi connectivity index (χ4n) is 1.05. The highest BCUT2D eigenvalue weighted by Gasteiger charge is 2.29. The van der Waals surface area contributed by atoms with Crippen molar-refractivity contribution in [2.24, 2.45) is 0 Å². The van der Waals surface area contributed by atoms with Gasteiger partial charge in [-0.15, -0.1) is 0 Å². The minimum atomic E-state index is -2.27. The molecule has 0 amide bonds. The van der Waals surface area contributed by atoms with E-state index in [1.165, 1.54) is 0 Å². The zero-order chi connectivity index (χ0) is 16.6. The summed E-state index contributed by atoms with van der Waals surface area (Å²) in [7, 11) is 0. The maximum atomic E-state index is 10.2. The standard InChI is InChI=1S/C8H8O3.C4H6O6/c9-7(8(10)11)6-4-2-1-3-5-6;5-1(3(7)8)2(6)4(9)10/h1-5,7,9H,(H,10,11);1-2,5-6H,(H,7,8)(H,9,10)/t7-;1-,2-/m11/s1. The van der Waals surface area contributed by atoms with Gasteiger partial charge in [0.05, 0.1) is 0 Å². The van der Waals surface area contributed by atoms with Crippen molar-refractivity contribution < 1.29 is 45.0 Å². The lowest BCUT2D eigenvalue weighted by Crippen LogP contribution is -2.39. The molecule has 0 aliphatic carbocycles. The van der Waals surface area contributed by atoms with Crippen LogP contribution in [0.5, 0.6) is 0 Å². The Morgan fingerprint density at radius 2 is 1.10 bits per heavy atom. The number of carboxylic acids is 3. The molecule has 6 N–H and O–H groups in total. The Morgan fingerprint density at radius 3 is 1.38 bits per heavy atom. The van der Waals surface area contributed by atoms with E-state index in [-0.39, 0.29) is 0 Å². The Morgan fingerprint density at radius 1 is 0.714 bits per heavy atom. The van der Waals surface area contributed by atoms with Crippen molar-refractivity contribution in [2.75, 3.05) is 0 Å². The number of aliphatic hydroxyl groups excluding tert-OH is 3. The summed E-state index contributed by atoms with van der Waals surface area (Å²) in [6, 6.07) is 8.26. The van der Waals surface area contributed by atoms with Crippen LogP contribution >= 0.6 is 0 Å². The van der Waals surface area contributed by atoms with E-state index in [4.69, 9.17) is 30.6 Å². The predicted molar refractivity (Wildman–Crippen MR) is 66.3 cm³/mol. The number of aliphatic carboxylic acids is 3. The van der Waals surface area contributed by atoms with Crippen molar-refractivity contribution in [1.82, 2.24) is 0 Å². The average Bonchev–Trinajstić information content (AvgIpc) is 2.46. The molecule has 116 valence electrons. The first-order valence-electron chi connectivity index (χ1n) is 5.46. The van der Waals surface area contributed by atoms with E-state index >= 15 is 0 Å². The molecule has 0 saturated carbocycles. The van der Waals surface area contributed by atoms with Gasteiger partial charge in [-0.3, -0.25) is 0 Å². The zero-order valence-electron chi connectivity index (χ0n) is 10.5. The molecule has 0 heterocycles. The highest BCUT2D eigenvalue weighted by molar-refractivity contribution is 5.83. The van der Waals surface area contributed by atoms with Crippen molar-refractivity contribution in [3.8, 4) is 0 Å². The molecule has 0 aliphatic heterocycles. The van der Waals surface area contributed by atoms with Gasteiger partial charge in [-0.2, -0.15) is 0 Å². The van der Waals surface area contributed by atoms with E-state index in [1.54, 1.807) is 30.3 Å². The minimum absolute atomic E-state index is 0.403. The van der Waals surface area contributed by atoms with Crippen LogP contribution in [-0.2, 0) is 14.4 Å². The first kappa shape index (κ1) is 18.5. The summed E-state index contributed by atoms with van der Waals surface area (Å²) in [4.78, 5) is 29.8. The molecule has 0 aromatic heterocycles. The maximum Gasteiger partial charge on any atom is 0.337 e. The third-order valence-electron chi connectivity index (χ3n) is 2.15. The number of rotatable bonds is 5. The molecule has 0 saturated heterocycles. The average molecular weight is 302 g/mol. The Balaban J connectivity index is 0.000000384. The second kappa shape index (κ2) is 8.64. The summed E-state index contributed by atoms with van der Waals surface area (Å²) < 4.78 is 0. The highest BCUT2D eigenvalue weighted by Crippen LogP contribution is 2.10. The van der Waals surface area contributed by atoms with E-state index in [2.05, 4.69) is 0 Å². The summed E-state index contributed by atoms with van der Waals surface area (Å²) in [5, 5.41) is 49.9. The first-order valence-corrected chi connectivity index (χ1v) is 5.46. The van der Waals surface area contributed by atoms with Crippen LogP contribution in [0.3, 0.4) is 0 Å². The third-order valence-corrected chi connectivity index (χ3v) is 2.15. The number of hydrogen-bond acceptors (Lipinski definition) is 6. The highest BCUT2D eigenvalue weighted by atomic mass is 16.4. The first-order chi connectivity index (χ1) is 9.68. The molecule has 3 atom stereocenters. The van der Waals surface area contributed by atoms with E-state index in [1.807, 2.05) is 0 Å². The van der Waals surface area contributed by atoms with Crippen LogP contribution < -0.4 is 0 Å². The van der Waals surface area contributed by atoms with Crippen molar-refractivity contribution in [2.45, 2.75) is 18.3 Å². The van der Waals surface area contributed by atoms with Crippen LogP contribution in [0.15, 0.2) is 30.3 Å². The molecule has 9 nitrogen and oxygen atoms in total. The number of carboxylic acid groups (broad SMARTS) is 3. The molecule has 1 aromatic carbocycles. The summed E-state index contributed by atoms with van der Waals surface area (Å²) in [5.41, 5.74) is 0.403. The fraction of sp³-hybridized carbons (Fsp3) is 0.250. The summed E-state index contributed by atoms with van der Waals surface area (Å²) in [6.45, 7) is 0. The van der Waals surface area contributed by atoms with Gasteiger partial charge in [0.1, 0.15) is 0 Å². The van der Waals surface area contributed by atoms with E-state index in [0.29, 0.717) is 5.56 Å². The van der Waals surface area contributed by atoms with Gasteiger partial charge in [0.2, 0.25) is 0 Å². The Bertz CT molecular complexity index is 467. The van der Waals surface area contributed by atoms with E-state index < -0.39 is 36.2 Å². The van der Waals surface area contributed by atoms with Crippen LogP contribution in [0.4, 0.5) is 0 Å². The van der Waals surface area contributed by atoms with E-state index in [9.17, 15) is 14.4 Å². The molecule has 0 aliphatic rings. The van der Waals surface area contributed by atoms with Gasteiger partial charge in [0.25, 0.3) is 0 Å². The molecule has 0 unspecified atom stereocenters. The minimum Gasteiger partial charge on any atom is -0.479 e. The van der Waals surface area contributed by atoms with Crippen molar-refractivity contribution in [3.05, 3.63) is 35.9 Å². The third kappa shape index (κ3) is 6.47. The quantitative estimate of drug-likeness (QED) is 0.385. The van der Waals surface area contributed by atoms with Crippen molar-refractivity contribution in [3.63, 3.8) is 0 Å². The van der Waals surface area contributed by atoms with E-state index in [0.717, 1.165) is 0 Å². The SMILES string of the molecule is O=C(O)[C@H](O)[C@@H](O)C(=O)O.O=C(O)[C@H](O)c1ccccc1. The molecule has 0 spiro atoms. The molecule has 0 fully saturated rings. The van der Waals surface area contributed by atoms with Crippen LogP contribution in [0.2, 0.25) is 0 Å². The summed E-state index contributed by atoms with van der Waals surface area (Å²) in [5.74, 6) is -4.76. The Kier molecular flexibility index (Phi) is 7.61. The zero-order valence-corrected chi connectivity index (χ0v) is 10.5. The van der Waals surface area contributed by atoms with Crippen LogP contribution in [-0.4, -0.2) is 60.8 Å². The second-order valence-electron chi connectivity index (χ2n) is 3.72. The second-order valence-corrected chi connectivity index (χ2v) is 3.72. The fourth-order valence-corrected chi connectivity index (χ4v) is 1.05. The van der Waals surface area contributed by atoms with Crippen LogP contribution in [0, 0.1) is 0 Å². The monoisotopic (exact) mass is 302 g/mol.